The largest absolute Gasteiger partial charge is 0.494 e. The van der Waals surface area contributed by atoms with E-state index in [9.17, 15) is 24.3 Å². The maximum absolute atomic E-state index is 14.4. The van der Waals surface area contributed by atoms with Crippen molar-refractivity contribution in [1.82, 2.24) is 19.9 Å². The molecule has 58 heavy (non-hydrogen) atoms. The molecule has 6 heterocycles. The zero-order valence-electron chi connectivity index (χ0n) is 30.9. The van der Waals surface area contributed by atoms with E-state index in [0.29, 0.717) is 55.7 Å². The van der Waals surface area contributed by atoms with Crippen molar-refractivity contribution in [1.29, 1.82) is 0 Å². The van der Waals surface area contributed by atoms with Gasteiger partial charge in [0, 0.05) is 33.1 Å². The fraction of sp³-hybridized carbons (Fsp3) is 0.156. The van der Waals surface area contributed by atoms with Crippen LogP contribution in [0.5, 0.6) is 5.88 Å². The van der Waals surface area contributed by atoms with Crippen molar-refractivity contribution in [2.24, 2.45) is 22.7 Å². The summed E-state index contributed by atoms with van der Waals surface area (Å²) < 4.78 is 1.60. The van der Waals surface area contributed by atoms with Gasteiger partial charge in [0.1, 0.15) is 17.1 Å². The zero-order valence-corrected chi connectivity index (χ0v) is 32.4. The molecule has 4 aliphatic heterocycles. The van der Waals surface area contributed by atoms with Gasteiger partial charge in [-0.15, -0.1) is 0 Å². The first-order valence-corrected chi connectivity index (χ1v) is 19.5. The summed E-state index contributed by atoms with van der Waals surface area (Å²) in [5.41, 5.74) is 3.63. The predicted molar refractivity (Wildman–Crippen MR) is 223 cm³/mol. The van der Waals surface area contributed by atoms with E-state index < -0.39 is 17.4 Å². The number of carbonyl (C=O) groups is 3. The van der Waals surface area contributed by atoms with Crippen LogP contribution in [-0.4, -0.2) is 49.0 Å². The summed E-state index contributed by atoms with van der Waals surface area (Å²) in [6, 6.07) is 33.7. The third-order valence-corrected chi connectivity index (χ3v) is 12.2. The highest BCUT2D eigenvalue weighted by Gasteiger charge is 2.70. The molecule has 2 aromatic heterocycles. The quantitative estimate of drug-likeness (QED) is 0.154. The SMILES string of the molecule is CC(C)C1NC2(c3ccccc3-n3c2nc2ccccc2c3=O)[C@H]2C(=O)N(c3ccc(Cl)cc3Cl)C(=O)[C@@H]12.O=C1C(c2c(O)[nH]c3ccccc23)=Nc2ccccc21. The lowest BCUT2D eigenvalue weighted by Crippen LogP contribution is -2.51. The van der Waals surface area contributed by atoms with Crippen molar-refractivity contribution < 1.29 is 19.5 Å². The van der Waals surface area contributed by atoms with Crippen molar-refractivity contribution in [2.45, 2.75) is 25.4 Å². The molecule has 2 amide bonds. The summed E-state index contributed by atoms with van der Waals surface area (Å²) in [7, 11) is 0. The lowest BCUT2D eigenvalue weighted by Gasteiger charge is -2.32. The minimum atomic E-state index is -1.18. The molecule has 5 aromatic carbocycles. The Balaban J connectivity index is 0.000000171. The van der Waals surface area contributed by atoms with Crippen molar-refractivity contribution >= 4 is 79.7 Å². The Morgan fingerprint density at radius 1 is 0.793 bits per heavy atom. The van der Waals surface area contributed by atoms with Crippen molar-refractivity contribution in [2.75, 3.05) is 4.90 Å². The Bertz CT molecular complexity index is 3050. The maximum atomic E-state index is 14.4. The molecule has 0 aliphatic carbocycles. The van der Waals surface area contributed by atoms with E-state index in [1.54, 1.807) is 47.0 Å². The number of imide groups is 1. The zero-order chi connectivity index (χ0) is 40.2. The van der Waals surface area contributed by atoms with Crippen LogP contribution < -0.4 is 15.8 Å². The molecule has 7 aromatic rings. The number of H-pyrrole nitrogens is 1. The molecule has 0 saturated carbocycles. The predicted octanol–water partition coefficient (Wildman–Crippen LogP) is 7.87. The van der Waals surface area contributed by atoms with Crippen LogP contribution in [0.25, 0.3) is 27.5 Å². The van der Waals surface area contributed by atoms with E-state index in [4.69, 9.17) is 28.2 Å². The van der Waals surface area contributed by atoms with E-state index >= 15 is 0 Å². The minimum absolute atomic E-state index is 0.00709. The molecule has 4 aliphatic rings. The number of amides is 2. The van der Waals surface area contributed by atoms with Gasteiger partial charge in [-0.05, 0) is 60.5 Å². The monoisotopic (exact) mass is 806 g/mol. The average Bonchev–Trinajstić information content (AvgIpc) is 3.98. The fourth-order valence-corrected chi connectivity index (χ4v) is 9.72. The van der Waals surface area contributed by atoms with Crippen molar-refractivity contribution in [3.63, 3.8) is 0 Å². The van der Waals surface area contributed by atoms with Crippen molar-refractivity contribution in [3.8, 4) is 11.6 Å². The van der Waals surface area contributed by atoms with Gasteiger partial charge in [-0.1, -0.05) is 97.7 Å². The molecule has 2 fully saturated rings. The summed E-state index contributed by atoms with van der Waals surface area (Å²) in [5.74, 6) is -1.98. The number of carbonyl (C=O) groups excluding carboxylic acids is 3. The summed E-state index contributed by atoms with van der Waals surface area (Å²) in [6.45, 7) is 4.04. The number of ketones is 1. The number of aromatic nitrogens is 3. The normalized spacial score (nSPS) is 21.4. The van der Waals surface area contributed by atoms with E-state index in [1.165, 1.54) is 11.0 Å². The van der Waals surface area contributed by atoms with Gasteiger partial charge in [0.15, 0.2) is 5.88 Å². The van der Waals surface area contributed by atoms with Gasteiger partial charge in [-0.2, -0.15) is 0 Å². The number of hydrogen-bond acceptors (Lipinski definition) is 8. The summed E-state index contributed by atoms with van der Waals surface area (Å²) in [5, 5.41) is 15.7. The second kappa shape index (κ2) is 13.1. The number of nitrogens with one attached hydrogen (secondary N) is 2. The number of aliphatic imine (C=N–C) groups is 1. The van der Waals surface area contributed by atoms with Crippen molar-refractivity contribution in [3.05, 3.63) is 158 Å². The van der Waals surface area contributed by atoms with E-state index in [1.807, 2.05) is 80.6 Å². The lowest BCUT2D eigenvalue weighted by atomic mass is 9.75. The highest BCUT2D eigenvalue weighted by atomic mass is 35.5. The Kier molecular flexibility index (Phi) is 8.11. The highest BCUT2D eigenvalue weighted by molar-refractivity contribution is 6.56. The molecule has 0 bridgehead atoms. The number of fused-ring (bicyclic) bond motifs is 10. The number of para-hydroxylation sites is 4. The number of Topliss-reactive ketones (excluding diaryl/α,β-unsaturated/α-hetero) is 1. The number of aromatic amines is 1. The second-order valence-corrected chi connectivity index (χ2v) is 16.0. The molecule has 1 spiro atoms. The molecular formula is C45H32Cl2N6O5. The summed E-state index contributed by atoms with van der Waals surface area (Å²) in [6.07, 6.45) is 0. The number of rotatable bonds is 3. The first-order chi connectivity index (χ1) is 28.0. The van der Waals surface area contributed by atoms with Crippen LogP contribution in [0.1, 0.15) is 41.2 Å². The summed E-state index contributed by atoms with van der Waals surface area (Å²) in [4.78, 5) is 68.2. The number of halogens is 2. The number of anilines is 1. The first-order valence-electron chi connectivity index (χ1n) is 18.8. The van der Waals surface area contributed by atoms with Gasteiger partial charge in [0.25, 0.3) is 5.56 Å². The number of benzene rings is 5. The number of aromatic hydroxyl groups is 1. The molecule has 13 heteroatoms. The van der Waals surface area contributed by atoms with Gasteiger partial charge in [0.05, 0.1) is 50.4 Å². The molecule has 2 unspecified atom stereocenters. The first kappa shape index (κ1) is 36.0. The third-order valence-electron chi connectivity index (χ3n) is 11.7. The fourth-order valence-electron chi connectivity index (χ4n) is 9.22. The van der Waals surface area contributed by atoms with Crippen LogP contribution in [-0.2, 0) is 15.1 Å². The molecule has 3 N–H and O–H groups in total. The number of nitrogens with zero attached hydrogens (tertiary/aromatic N) is 4. The minimum Gasteiger partial charge on any atom is -0.494 e. The average molecular weight is 808 g/mol. The van der Waals surface area contributed by atoms with E-state index in [-0.39, 0.29) is 46.0 Å². The van der Waals surface area contributed by atoms with E-state index in [0.717, 1.165) is 16.5 Å². The van der Waals surface area contributed by atoms with Crippen LogP contribution in [0.4, 0.5) is 11.4 Å². The molecule has 11 rings (SSSR count). The van der Waals surface area contributed by atoms with Crippen LogP contribution in [0.3, 0.4) is 0 Å². The van der Waals surface area contributed by atoms with E-state index in [2.05, 4.69) is 15.3 Å². The van der Waals surface area contributed by atoms with Crippen LogP contribution in [0.2, 0.25) is 10.0 Å². The van der Waals surface area contributed by atoms with Crippen LogP contribution >= 0.6 is 23.2 Å². The molecular weight excluding hydrogens is 775 g/mol. The molecule has 2 saturated heterocycles. The molecule has 0 radical (unpaired) electrons. The highest BCUT2D eigenvalue weighted by Crippen LogP contribution is 2.57. The maximum Gasteiger partial charge on any atom is 0.266 e. The van der Waals surface area contributed by atoms with Gasteiger partial charge in [0.2, 0.25) is 17.6 Å². The Hall–Kier alpha value is -6.40. The van der Waals surface area contributed by atoms with Crippen LogP contribution in [0.15, 0.2) is 125 Å². The standard InChI is InChI=1S/C29H22Cl2N4O3.C16H10N2O2/c1-14(2)24-22-23(27(38)34(26(22)37)21-12-11-15(30)13-18(21)31)29(33-24)17-8-4-6-10-20(17)35-25(36)16-7-3-5-9-19(16)32-28(29)35;19-15-10-6-2-4-8-12(10)17-14(15)13-9-5-1-3-7-11(9)18-16(13)20/h3-14,22-24,33H,1-2H3;1-8,18,20H/t22-,23-,24?,29?;/m1./s1. The lowest BCUT2D eigenvalue weighted by molar-refractivity contribution is -0.123. The smallest absolute Gasteiger partial charge is 0.266 e. The Morgan fingerprint density at radius 3 is 2.28 bits per heavy atom. The molecule has 286 valence electrons. The Labute approximate surface area is 340 Å². The van der Waals surface area contributed by atoms with Gasteiger partial charge in [-0.25, -0.2) is 14.9 Å². The van der Waals surface area contributed by atoms with Gasteiger partial charge in [-0.3, -0.25) is 29.1 Å². The van der Waals surface area contributed by atoms with Gasteiger partial charge >= 0.3 is 0 Å². The third kappa shape index (κ3) is 4.97. The van der Waals surface area contributed by atoms with Crippen LogP contribution in [0, 0.1) is 17.8 Å². The number of hydrogen-bond donors (Lipinski definition) is 3. The van der Waals surface area contributed by atoms with Gasteiger partial charge < -0.3 is 10.1 Å². The summed E-state index contributed by atoms with van der Waals surface area (Å²) >= 11 is 12.6. The Morgan fingerprint density at radius 2 is 1.50 bits per heavy atom. The molecule has 4 atom stereocenters. The topological polar surface area (TPSA) is 150 Å². The molecule has 11 nitrogen and oxygen atoms in total. The second-order valence-electron chi connectivity index (χ2n) is 15.1.